The maximum atomic E-state index is 12.9. The van der Waals surface area contributed by atoms with E-state index in [0.29, 0.717) is 53.7 Å². The third-order valence-electron chi connectivity index (χ3n) is 6.70. The Morgan fingerprint density at radius 1 is 1.09 bits per heavy atom. The second-order valence-electron chi connectivity index (χ2n) is 11.3. The maximum Gasteiger partial charge on any atom is 0.410 e. The Labute approximate surface area is 261 Å². The van der Waals surface area contributed by atoms with Gasteiger partial charge in [-0.1, -0.05) is 12.6 Å². The summed E-state index contributed by atoms with van der Waals surface area (Å²) < 4.78 is 23.2. The molecule has 1 saturated heterocycles. The van der Waals surface area contributed by atoms with Crippen molar-refractivity contribution in [1.82, 2.24) is 19.9 Å². The van der Waals surface area contributed by atoms with Crippen LogP contribution in [0.15, 0.2) is 79.8 Å². The van der Waals surface area contributed by atoms with E-state index in [4.69, 9.17) is 18.9 Å². The summed E-state index contributed by atoms with van der Waals surface area (Å²) in [6.07, 6.45) is 3.91. The van der Waals surface area contributed by atoms with Crippen LogP contribution in [0, 0.1) is 0 Å². The number of benzene rings is 2. The molecule has 3 heterocycles. The number of hydrogen-bond acceptors (Lipinski definition) is 10. The van der Waals surface area contributed by atoms with Crippen LogP contribution in [0.25, 0.3) is 10.9 Å². The molecule has 45 heavy (non-hydrogen) atoms. The van der Waals surface area contributed by atoms with Crippen molar-refractivity contribution in [3.8, 4) is 11.5 Å². The van der Waals surface area contributed by atoms with Gasteiger partial charge in [0.25, 0.3) is 0 Å². The Hall–Kier alpha value is -5.23. The number of morpholine rings is 1. The number of aromatic nitrogens is 3. The molecule has 2 aromatic heterocycles. The average Bonchev–Trinajstić information content (AvgIpc) is 3.03. The minimum Gasteiger partial charge on any atom is -0.489 e. The smallest absolute Gasteiger partial charge is 0.410 e. The van der Waals surface area contributed by atoms with Gasteiger partial charge in [0.1, 0.15) is 42.5 Å². The summed E-state index contributed by atoms with van der Waals surface area (Å²) in [7, 11) is 0. The van der Waals surface area contributed by atoms with Gasteiger partial charge < -0.3 is 29.6 Å². The SMILES string of the molecule is C=CC(=O)Nc1cc2c(Nc3ccc(OCc4ccccn4)cc3)ncnc2cc1OCC1COCCN1C(=O)OC(C)(C)C. The third-order valence-corrected chi connectivity index (χ3v) is 6.70. The lowest BCUT2D eigenvalue weighted by Gasteiger charge is -2.36. The molecular weight excluding hydrogens is 576 g/mol. The van der Waals surface area contributed by atoms with Gasteiger partial charge in [0, 0.05) is 29.9 Å². The van der Waals surface area contributed by atoms with E-state index in [2.05, 4.69) is 32.2 Å². The van der Waals surface area contributed by atoms with Crippen LogP contribution in [-0.2, 0) is 20.9 Å². The zero-order chi connectivity index (χ0) is 31.8. The van der Waals surface area contributed by atoms with Crippen molar-refractivity contribution in [3.63, 3.8) is 0 Å². The number of amides is 2. The Bertz CT molecular complexity index is 1640. The highest BCUT2D eigenvalue weighted by Gasteiger charge is 2.32. The van der Waals surface area contributed by atoms with Gasteiger partial charge in [0.2, 0.25) is 5.91 Å². The summed E-state index contributed by atoms with van der Waals surface area (Å²) in [5.74, 6) is 1.18. The van der Waals surface area contributed by atoms with Crippen molar-refractivity contribution in [2.45, 2.75) is 39.0 Å². The second-order valence-corrected chi connectivity index (χ2v) is 11.3. The molecule has 234 valence electrons. The molecule has 0 radical (unpaired) electrons. The van der Waals surface area contributed by atoms with E-state index in [1.165, 1.54) is 12.4 Å². The van der Waals surface area contributed by atoms with Gasteiger partial charge in [0.05, 0.1) is 36.2 Å². The second kappa shape index (κ2) is 14.0. The number of nitrogens with one attached hydrogen (secondary N) is 2. The van der Waals surface area contributed by atoms with Gasteiger partial charge in [-0.2, -0.15) is 0 Å². The fraction of sp³-hybridized carbons (Fsp3) is 0.303. The van der Waals surface area contributed by atoms with Crippen molar-refractivity contribution in [2.24, 2.45) is 0 Å². The number of fused-ring (bicyclic) bond motifs is 1. The molecule has 0 saturated carbocycles. The lowest BCUT2D eigenvalue weighted by Crippen LogP contribution is -2.52. The van der Waals surface area contributed by atoms with Crippen LogP contribution in [0.4, 0.5) is 22.0 Å². The van der Waals surface area contributed by atoms with Crippen molar-refractivity contribution >= 4 is 40.1 Å². The number of carbonyl (C=O) groups excluding carboxylic acids is 2. The number of carbonyl (C=O) groups is 2. The number of pyridine rings is 1. The molecule has 1 atom stereocenters. The normalized spacial score (nSPS) is 14.8. The van der Waals surface area contributed by atoms with E-state index in [1.54, 1.807) is 23.2 Å². The molecule has 0 spiro atoms. The number of ether oxygens (including phenoxy) is 4. The molecule has 2 aromatic carbocycles. The number of anilines is 3. The summed E-state index contributed by atoms with van der Waals surface area (Å²) in [4.78, 5) is 40.0. The van der Waals surface area contributed by atoms with Gasteiger partial charge in [-0.05, 0) is 69.3 Å². The highest BCUT2D eigenvalue weighted by molar-refractivity contribution is 6.03. The van der Waals surface area contributed by atoms with E-state index in [1.807, 2.05) is 63.2 Å². The Kier molecular flexibility index (Phi) is 9.73. The van der Waals surface area contributed by atoms with Crippen LogP contribution < -0.4 is 20.1 Å². The fourth-order valence-corrected chi connectivity index (χ4v) is 4.54. The zero-order valence-corrected chi connectivity index (χ0v) is 25.5. The van der Waals surface area contributed by atoms with Gasteiger partial charge in [-0.3, -0.25) is 14.7 Å². The molecule has 1 unspecified atom stereocenters. The van der Waals surface area contributed by atoms with E-state index >= 15 is 0 Å². The summed E-state index contributed by atoms with van der Waals surface area (Å²) in [6.45, 7) is 10.5. The average molecular weight is 613 g/mol. The Balaban J connectivity index is 1.34. The molecule has 1 fully saturated rings. The van der Waals surface area contributed by atoms with Gasteiger partial charge >= 0.3 is 6.09 Å². The van der Waals surface area contributed by atoms with Crippen molar-refractivity contribution in [2.75, 3.05) is 37.0 Å². The molecule has 4 aromatic rings. The Morgan fingerprint density at radius 2 is 1.91 bits per heavy atom. The standard InChI is InChI=1S/C33H36N6O6/c1-5-30(40)38-28-16-26-27(17-29(28)44-20-24-19-42-15-14-39(24)32(41)45-33(2,3)4)35-21-36-31(26)37-22-9-11-25(12-10-22)43-18-23-8-6-7-13-34-23/h5-13,16-17,21,24H,1,14-15,18-20H2,2-4H3,(H,38,40)(H,35,36,37). The van der Waals surface area contributed by atoms with Gasteiger partial charge in [-0.25, -0.2) is 14.8 Å². The van der Waals surface area contributed by atoms with Crippen molar-refractivity contribution in [3.05, 3.63) is 85.5 Å². The maximum absolute atomic E-state index is 12.9. The molecule has 0 aliphatic carbocycles. The molecule has 12 heteroatoms. The largest absolute Gasteiger partial charge is 0.489 e. The van der Waals surface area contributed by atoms with Crippen molar-refractivity contribution in [1.29, 1.82) is 0 Å². The van der Waals surface area contributed by atoms with Crippen LogP contribution >= 0.6 is 0 Å². The van der Waals surface area contributed by atoms with Gasteiger partial charge in [-0.15, -0.1) is 0 Å². The first-order valence-corrected chi connectivity index (χ1v) is 14.5. The van der Waals surface area contributed by atoms with E-state index in [9.17, 15) is 9.59 Å². The Morgan fingerprint density at radius 3 is 2.64 bits per heavy atom. The van der Waals surface area contributed by atoms with E-state index in [-0.39, 0.29) is 13.2 Å². The van der Waals surface area contributed by atoms with Crippen LogP contribution in [0.5, 0.6) is 11.5 Å². The van der Waals surface area contributed by atoms with Crippen molar-refractivity contribution < 1.29 is 28.5 Å². The van der Waals surface area contributed by atoms with E-state index < -0.39 is 23.6 Å². The predicted molar refractivity (Wildman–Crippen MR) is 170 cm³/mol. The zero-order valence-electron chi connectivity index (χ0n) is 25.5. The monoisotopic (exact) mass is 612 g/mol. The van der Waals surface area contributed by atoms with Crippen LogP contribution in [0.3, 0.4) is 0 Å². The molecule has 2 amide bonds. The summed E-state index contributed by atoms with van der Waals surface area (Å²) in [5.41, 5.74) is 1.95. The first kappa shape index (κ1) is 31.2. The fourth-order valence-electron chi connectivity index (χ4n) is 4.54. The number of hydrogen-bond donors (Lipinski definition) is 2. The first-order valence-electron chi connectivity index (χ1n) is 14.5. The minimum atomic E-state index is -0.636. The predicted octanol–water partition coefficient (Wildman–Crippen LogP) is 5.49. The van der Waals surface area contributed by atoms with Gasteiger partial charge in [0.15, 0.2) is 0 Å². The lowest BCUT2D eigenvalue weighted by molar-refractivity contribution is -0.111. The molecular formula is C33H36N6O6. The topological polar surface area (TPSA) is 137 Å². The van der Waals surface area contributed by atoms with Crippen LogP contribution in [0.1, 0.15) is 26.5 Å². The van der Waals surface area contributed by atoms with Crippen LogP contribution in [-0.4, -0.2) is 69.9 Å². The van der Waals surface area contributed by atoms with E-state index in [0.717, 1.165) is 11.4 Å². The third kappa shape index (κ3) is 8.45. The highest BCUT2D eigenvalue weighted by Crippen LogP contribution is 2.34. The van der Waals surface area contributed by atoms with Crippen LogP contribution in [0.2, 0.25) is 0 Å². The molecule has 12 nitrogen and oxygen atoms in total. The highest BCUT2D eigenvalue weighted by atomic mass is 16.6. The summed E-state index contributed by atoms with van der Waals surface area (Å²) in [6, 6.07) is 16.2. The summed E-state index contributed by atoms with van der Waals surface area (Å²) >= 11 is 0. The first-order chi connectivity index (χ1) is 21.7. The summed E-state index contributed by atoms with van der Waals surface area (Å²) in [5, 5.41) is 6.77. The minimum absolute atomic E-state index is 0.104. The molecule has 1 aliphatic rings. The number of nitrogens with zero attached hydrogens (tertiary/aromatic N) is 4. The quantitative estimate of drug-likeness (QED) is 0.221. The molecule has 2 N–H and O–H groups in total. The molecule has 5 rings (SSSR count). The lowest BCUT2D eigenvalue weighted by atomic mass is 10.1. The molecule has 1 aliphatic heterocycles. The number of rotatable bonds is 10. The molecule has 0 bridgehead atoms.